The average molecular weight is 361 g/mol. The van der Waals surface area contributed by atoms with Gasteiger partial charge in [0, 0.05) is 0 Å². The van der Waals surface area contributed by atoms with E-state index in [0.717, 1.165) is 0 Å². The molecule has 0 aromatic heterocycles. The summed E-state index contributed by atoms with van der Waals surface area (Å²) in [5, 5.41) is 7.55. The number of hydrogen-bond acceptors (Lipinski definition) is 6. The molecule has 0 aliphatic heterocycles. The maximum absolute atomic E-state index is 12.3. The van der Waals surface area contributed by atoms with Crippen LogP contribution in [0.1, 0.15) is 26.7 Å². The molecule has 0 aromatic rings. The molecule has 0 heterocycles. The molecule has 9 heteroatoms. The Balaban J connectivity index is 4.83. The van der Waals surface area contributed by atoms with Crippen molar-refractivity contribution in [1.82, 2.24) is 16.0 Å². The Morgan fingerprint density at radius 1 is 1.17 bits per heavy atom. The van der Waals surface area contributed by atoms with Gasteiger partial charge in [-0.2, -0.15) is 11.8 Å². The van der Waals surface area contributed by atoms with E-state index in [2.05, 4.69) is 20.7 Å². The Bertz CT molecular complexity index is 431. The predicted molar refractivity (Wildman–Crippen MR) is 92.4 cm³/mol. The molecule has 0 bridgehead atoms. The highest BCUT2D eigenvalue weighted by Crippen LogP contribution is 2.07. The lowest BCUT2D eigenvalue weighted by molar-refractivity contribution is -0.141. The van der Waals surface area contributed by atoms with Crippen molar-refractivity contribution >= 4 is 36.0 Å². The quantitative estimate of drug-likeness (QED) is 0.324. The second-order valence-corrected chi connectivity index (χ2v) is 6.59. The number of rotatable bonds is 12. The molecular formula is C15H27N3O5S. The van der Waals surface area contributed by atoms with Crippen LogP contribution in [-0.2, 0) is 23.9 Å². The highest BCUT2D eigenvalue weighted by Gasteiger charge is 2.26. The van der Waals surface area contributed by atoms with Crippen molar-refractivity contribution in [2.24, 2.45) is 5.92 Å². The Hall–Kier alpha value is -1.77. The molecule has 0 aliphatic rings. The first kappa shape index (κ1) is 22.2. The first-order chi connectivity index (χ1) is 11.3. The van der Waals surface area contributed by atoms with Crippen molar-refractivity contribution in [1.29, 1.82) is 0 Å². The van der Waals surface area contributed by atoms with Gasteiger partial charge in [-0.1, -0.05) is 13.8 Å². The second-order valence-electron chi connectivity index (χ2n) is 5.60. The summed E-state index contributed by atoms with van der Waals surface area (Å²) in [5.74, 6) is -0.601. The maximum atomic E-state index is 12.3. The van der Waals surface area contributed by atoms with E-state index in [4.69, 9.17) is 0 Å². The number of thioether (sulfide) groups is 1. The number of nitrogens with one attached hydrogen (secondary N) is 3. The van der Waals surface area contributed by atoms with E-state index in [-0.39, 0.29) is 12.5 Å². The lowest BCUT2D eigenvalue weighted by atomic mass is 10.0. The molecule has 0 rings (SSSR count). The van der Waals surface area contributed by atoms with Crippen molar-refractivity contribution in [3.63, 3.8) is 0 Å². The standard InChI is InChI=1S/C15H27N3O5S/c1-10(2)7-12(14(21)16-8-13(20)23-3)18-15(22)11(17-9-19)5-6-24-4/h9-12H,5-8H2,1-4H3,(H,16,21)(H,17,19)(H,18,22)/t11-,12?/m0/s1. The van der Waals surface area contributed by atoms with Crippen LogP contribution < -0.4 is 16.0 Å². The predicted octanol–water partition coefficient (Wildman–Crippen LogP) is -0.326. The second kappa shape index (κ2) is 12.6. The summed E-state index contributed by atoms with van der Waals surface area (Å²) in [6, 6.07) is -1.48. The largest absolute Gasteiger partial charge is 0.468 e. The Labute approximate surface area is 146 Å². The van der Waals surface area contributed by atoms with Crippen LogP contribution in [0, 0.1) is 5.92 Å². The molecule has 0 fully saturated rings. The smallest absolute Gasteiger partial charge is 0.325 e. The fraction of sp³-hybridized carbons (Fsp3) is 0.733. The van der Waals surface area contributed by atoms with Crippen LogP contribution >= 0.6 is 11.8 Å². The maximum Gasteiger partial charge on any atom is 0.325 e. The molecule has 0 radical (unpaired) electrons. The van der Waals surface area contributed by atoms with Gasteiger partial charge in [-0.25, -0.2) is 0 Å². The minimum Gasteiger partial charge on any atom is -0.468 e. The van der Waals surface area contributed by atoms with Crippen molar-refractivity contribution in [3.05, 3.63) is 0 Å². The number of carbonyl (C=O) groups is 4. The molecule has 0 saturated heterocycles. The number of ether oxygens (including phenoxy) is 1. The van der Waals surface area contributed by atoms with Gasteiger partial charge in [0.2, 0.25) is 18.2 Å². The summed E-state index contributed by atoms with van der Waals surface area (Å²) < 4.78 is 4.46. The zero-order valence-electron chi connectivity index (χ0n) is 14.6. The third kappa shape index (κ3) is 9.39. The van der Waals surface area contributed by atoms with Crippen LogP contribution in [0.3, 0.4) is 0 Å². The van der Waals surface area contributed by atoms with Gasteiger partial charge >= 0.3 is 5.97 Å². The van der Waals surface area contributed by atoms with E-state index < -0.39 is 29.9 Å². The van der Waals surface area contributed by atoms with Crippen LogP contribution in [0.25, 0.3) is 0 Å². The van der Waals surface area contributed by atoms with Crippen LogP contribution in [0.5, 0.6) is 0 Å². The highest BCUT2D eigenvalue weighted by molar-refractivity contribution is 7.98. The molecule has 3 N–H and O–H groups in total. The van der Waals surface area contributed by atoms with Crippen LogP contribution in [0.2, 0.25) is 0 Å². The Morgan fingerprint density at radius 2 is 1.83 bits per heavy atom. The lowest BCUT2D eigenvalue weighted by Gasteiger charge is -2.23. The van der Waals surface area contributed by atoms with Gasteiger partial charge in [-0.3, -0.25) is 19.2 Å². The van der Waals surface area contributed by atoms with Crippen molar-refractivity contribution in [3.8, 4) is 0 Å². The SMILES string of the molecule is COC(=O)CNC(=O)C(CC(C)C)NC(=O)[C@H](CCSC)NC=O. The fourth-order valence-corrected chi connectivity index (χ4v) is 2.41. The minimum atomic E-state index is -0.785. The van der Waals surface area contributed by atoms with E-state index in [9.17, 15) is 19.2 Å². The van der Waals surface area contributed by atoms with Crippen molar-refractivity contribution in [2.75, 3.05) is 25.7 Å². The van der Waals surface area contributed by atoms with Crippen molar-refractivity contribution in [2.45, 2.75) is 38.8 Å². The first-order valence-corrected chi connectivity index (χ1v) is 9.08. The zero-order valence-corrected chi connectivity index (χ0v) is 15.4. The molecule has 2 atom stereocenters. The fourth-order valence-electron chi connectivity index (χ4n) is 1.94. The molecule has 24 heavy (non-hydrogen) atoms. The molecule has 0 aliphatic carbocycles. The topological polar surface area (TPSA) is 114 Å². The Kier molecular flexibility index (Phi) is 11.7. The van der Waals surface area contributed by atoms with Crippen LogP contribution in [0.4, 0.5) is 0 Å². The zero-order chi connectivity index (χ0) is 18.5. The summed E-state index contributed by atoms with van der Waals surface area (Å²) >= 11 is 1.56. The van der Waals surface area contributed by atoms with Gasteiger partial charge in [0.1, 0.15) is 18.6 Å². The first-order valence-electron chi connectivity index (χ1n) is 7.69. The molecule has 3 amide bonds. The monoisotopic (exact) mass is 361 g/mol. The van der Waals surface area contributed by atoms with Gasteiger partial charge in [-0.05, 0) is 30.8 Å². The summed E-state index contributed by atoms with van der Waals surface area (Å²) in [5.41, 5.74) is 0. The number of amides is 3. The van der Waals surface area contributed by atoms with E-state index in [1.165, 1.54) is 7.11 Å². The third-order valence-electron chi connectivity index (χ3n) is 3.17. The Morgan fingerprint density at radius 3 is 2.33 bits per heavy atom. The van der Waals surface area contributed by atoms with Gasteiger partial charge in [-0.15, -0.1) is 0 Å². The van der Waals surface area contributed by atoms with Gasteiger partial charge < -0.3 is 20.7 Å². The number of methoxy groups -OCH3 is 1. The van der Waals surface area contributed by atoms with Gasteiger partial charge in [0.05, 0.1) is 7.11 Å². The van der Waals surface area contributed by atoms with Crippen LogP contribution in [0.15, 0.2) is 0 Å². The van der Waals surface area contributed by atoms with Gasteiger partial charge in [0.15, 0.2) is 0 Å². The normalized spacial score (nSPS) is 12.9. The van der Waals surface area contributed by atoms with E-state index in [1.807, 2.05) is 20.1 Å². The molecule has 138 valence electrons. The van der Waals surface area contributed by atoms with E-state index in [1.54, 1.807) is 11.8 Å². The summed E-state index contributed by atoms with van der Waals surface area (Å²) in [6.45, 7) is 3.57. The summed E-state index contributed by atoms with van der Waals surface area (Å²) in [7, 11) is 1.23. The summed E-state index contributed by atoms with van der Waals surface area (Å²) in [4.78, 5) is 46.3. The van der Waals surface area contributed by atoms with E-state index in [0.29, 0.717) is 25.0 Å². The number of carbonyl (C=O) groups excluding carboxylic acids is 4. The molecule has 0 saturated carbocycles. The van der Waals surface area contributed by atoms with Crippen LogP contribution in [-0.4, -0.2) is 61.9 Å². The third-order valence-corrected chi connectivity index (χ3v) is 3.82. The van der Waals surface area contributed by atoms with Crippen molar-refractivity contribution < 1.29 is 23.9 Å². The molecule has 0 spiro atoms. The minimum absolute atomic E-state index is 0.155. The van der Waals surface area contributed by atoms with Gasteiger partial charge in [0.25, 0.3) is 0 Å². The molecule has 8 nitrogen and oxygen atoms in total. The number of esters is 1. The van der Waals surface area contributed by atoms with E-state index >= 15 is 0 Å². The summed E-state index contributed by atoms with van der Waals surface area (Å²) in [6.07, 6.45) is 3.25. The lowest BCUT2D eigenvalue weighted by Crippen LogP contribution is -2.53. The molecule has 0 aromatic carbocycles. The molecular weight excluding hydrogens is 334 g/mol. The molecule has 1 unspecified atom stereocenters. The average Bonchev–Trinajstić information content (AvgIpc) is 2.54. The number of hydrogen-bond donors (Lipinski definition) is 3. The highest BCUT2D eigenvalue weighted by atomic mass is 32.2.